The number of hydrogen-bond acceptors (Lipinski definition) is 7. The second kappa shape index (κ2) is 11.4. The summed E-state index contributed by atoms with van der Waals surface area (Å²) in [6, 6.07) is 9.24. The van der Waals surface area contributed by atoms with Crippen molar-refractivity contribution >= 4 is 33.4 Å². The fraction of sp³-hybridized carbons (Fsp3) is 0.500. The molecule has 11 heteroatoms. The van der Waals surface area contributed by atoms with Crippen molar-refractivity contribution in [3.05, 3.63) is 36.4 Å². The van der Waals surface area contributed by atoms with Gasteiger partial charge in [0.15, 0.2) is 0 Å². The third kappa shape index (κ3) is 7.18. The molecular formula is C24H32N2O7S2. The van der Waals surface area contributed by atoms with Gasteiger partial charge in [0.05, 0.1) is 12.2 Å². The number of piperidine rings is 1. The largest absolute Gasteiger partial charge is 0.491 e. The monoisotopic (exact) mass is 524 g/mol. The summed E-state index contributed by atoms with van der Waals surface area (Å²) in [5.74, 6) is -0.963. The van der Waals surface area contributed by atoms with Crippen LogP contribution in [0.5, 0.6) is 5.75 Å². The predicted octanol–water partition coefficient (Wildman–Crippen LogP) is 4.19. The third-order valence-electron chi connectivity index (χ3n) is 5.51. The van der Waals surface area contributed by atoms with Crippen LogP contribution in [0.4, 0.5) is 4.79 Å². The van der Waals surface area contributed by atoms with E-state index in [1.54, 1.807) is 19.9 Å². The Kier molecular flexibility index (Phi) is 8.79. The Hall–Kier alpha value is -2.63. The van der Waals surface area contributed by atoms with Crippen molar-refractivity contribution in [1.29, 1.82) is 0 Å². The molecule has 1 aliphatic heterocycles. The lowest BCUT2D eigenvalue weighted by atomic mass is 9.90. The van der Waals surface area contributed by atoms with Crippen LogP contribution >= 0.6 is 11.3 Å². The fourth-order valence-corrected chi connectivity index (χ4v) is 6.44. The Morgan fingerprint density at radius 3 is 2.20 bits per heavy atom. The molecule has 3 rings (SSSR count). The lowest BCUT2D eigenvalue weighted by molar-refractivity contribution is -0.140. The number of benzene rings is 1. The molecule has 0 aliphatic carbocycles. The van der Waals surface area contributed by atoms with E-state index < -0.39 is 34.0 Å². The van der Waals surface area contributed by atoms with E-state index in [0.29, 0.717) is 25.9 Å². The number of carboxylic acids is 1. The Morgan fingerprint density at radius 2 is 1.66 bits per heavy atom. The lowest BCUT2D eigenvalue weighted by Crippen LogP contribution is -2.50. The maximum atomic E-state index is 13.0. The van der Waals surface area contributed by atoms with Crippen LogP contribution < -0.4 is 9.46 Å². The second-order valence-electron chi connectivity index (χ2n) is 9.00. The van der Waals surface area contributed by atoms with Gasteiger partial charge in [0.25, 0.3) is 10.0 Å². The highest BCUT2D eigenvalue weighted by molar-refractivity contribution is 7.91. The summed E-state index contributed by atoms with van der Waals surface area (Å²) in [5, 5.41) is 9.76. The standard InChI is InChI=1S/C24H32N2O7S2/c1-15(2)32-19-7-5-17(6-8-19)20-9-10-21(34-20)35(30,31)25-22(23(27)28)18-11-13-26(14-12-18)24(29)33-16(3)4/h5-10,15-16,18,22,25H,11-14H2,1-4H3,(H,27,28)/t22-/m1/s1. The Bertz CT molecular complexity index is 1120. The van der Waals surface area contributed by atoms with E-state index in [-0.39, 0.29) is 16.4 Å². The zero-order chi connectivity index (χ0) is 25.8. The summed E-state index contributed by atoms with van der Waals surface area (Å²) >= 11 is 1.07. The van der Waals surface area contributed by atoms with E-state index in [1.165, 1.54) is 11.0 Å². The van der Waals surface area contributed by atoms with Crippen LogP contribution in [-0.4, -0.2) is 61.8 Å². The minimum Gasteiger partial charge on any atom is -0.491 e. The van der Waals surface area contributed by atoms with Gasteiger partial charge in [-0.3, -0.25) is 4.79 Å². The molecule has 2 N–H and O–H groups in total. The first-order chi connectivity index (χ1) is 16.5. The number of thiophene rings is 1. The molecule has 0 unspecified atom stereocenters. The van der Waals surface area contributed by atoms with Crippen LogP contribution in [0, 0.1) is 5.92 Å². The molecule has 1 fully saturated rings. The number of nitrogens with zero attached hydrogens (tertiary/aromatic N) is 1. The van der Waals surface area contributed by atoms with Gasteiger partial charge in [-0.25, -0.2) is 13.2 Å². The van der Waals surface area contributed by atoms with Crippen LogP contribution in [0.15, 0.2) is 40.6 Å². The maximum absolute atomic E-state index is 13.0. The van der Waals surface area contributed by atoms with Gasteiger partial charge >= 0.3 is 12.1 Å². The van der Waals surface area contributed by atoms with Crippen molar-refractivity contribution in [3.63, 3.8) is 0 Å². The van der Waals surface area contributed by atoms with E-state index in [2.05, 4.69) is 4.72 Å². The minimum absolute atomic E-state index is 0.0409. The van der Waals surface area contributed by atoms with Crippen molar-refractivity contribution in [2.45, 2.75) is 63.0 Å². The van der Waals surface area contributed by atoms with E-state index in [0.717, 1.165) is 27.5 Å². The summed E-state index contributed by atoms with van der Waals surface area (Å²) in [7, 11) is -4.05. The number of amides is 1. The summed E-state index contributed by atoms with van der Waals surface area (Å²) in [6.07, 6.45) is 0.0654. The van der Waals surface area contributed by atoms with E-state index in [4.69, 9.17) is 9.47 Å². The Balaban J connectivity index is 1.67. The summed E-state index contributed by atoms with van der Waals surface area (Å²) < 4.78 is 39.3. The molecule has 1 aliphatic rings. The number of aliphatic carboxylic acids is 1. The smallest absolute Gasteiger partial charge is 0.410 e. The zero-order valence-electron chi connectivity index (χ0n) is 20.3. The third-order valence-corrected chi connectivity index (χ3v) is 8.58. The summed E-state index contributed by atoms with van der Waals surface area (Å²) in [6.45, 7) is 8.00. The van der Waals surface area contributed by atoms with Crippen molar-refractivity contribution in [2.75, 3.05) is 13.1 Å². The molecule has 2 heterocycles. The molecule has 192 valence electrons. The normalized spacial score (nSPS) is 15.9. The van der Waals surface area contributed by atoms with E-state index in [9.17, 15) is 23.1 Å². The first-order valence-corrected chi connectivity index (χ1v) is 13.8. The molecule has 9 nitrogen and oxygen atoms in total. The molecule has 35 heavy (non-hydrogen) atoms. The van der Waals surface area contributed by atoms with Crippen LogP contribution in [0.2, 0.25) is 0 Å². The number of carboxylic acid groups (broad SMARTS) is 1. The van der Waals surface area contributed by atoms with Crippen molar-refractivity contribution in [3.8, 4) is 16.2 Å². The molecule has 0 spiro atoms. The summed E-state index contributed by atoms with van der Waals surface area (Å²) in [4.78, 5) is 26.3. The first-order valence-electron chi connectivity index (χ1n) is 11.5. The SMILES string of the molecule is CC(C)OC(=O)N1CCC([C@@H](NS(=O)(=O)c2ccc(-c3ccc(OC(C)C)cc3)s2)C(=O)O)CC1. The van der Waals surface area contributed by atoms with E-state index in [1.807, 2.05) is 38.1 Å². The van der Waals surface area contributed by atoms with Gasteiger partial charge in [0.1, 0.15) is 16.0 Å². The van der Waals surface area contributed by atoms with Crippen LogP contribution in [0.1, 0.15) is 40.5 Å². The fourth-order valence-electron chi connectivity index (χ4n) is 3.85. The van der Waals surface area contributed by atoms with Crippen LogP contribution in [0.3, 0.4) is 0 Å². The van der Waals surface area contributed by atoms with Gasteiger partial charge in [-0.1, -0.05) is 0 Å². The molecule has 1 amide bonds. The number of hydrogen-bond donors (Lipinski definition) is 2. The number of likely N-dealkylation sites (tertiary alicyclic amines) is 1. The van der Waals surface area contributed by atoms with Crippen molar-refractivity contribution < 1.29 is 32.6 Å². The van der Waals surface area contributed by atoms with Gasteiger partial charge < -0.3 is 19.5 Å². The predicted molar refractivity (Wildman–Crippen MR) is 133 cm³/mol. The van der Waals surface area contributed by atoms with Gasteiger partial charge in [-0.2, -0.15) is 4.72 Å². The average molecular weight is 525 g/mol. The second-order valence-corrected chi connectivity index (χ2v) is 12.0. The molecular weight excluding hydrogens is 492 g/mol. The number of carbonyl (C=O) groups is 2. The maximum Gasteiger partial charge on any atom is 0.410 e. The molecule has 1 aromatic heterocycles. The minimum atomic E-state index is -4.05. The van der Waals surface area contributed by atoms with Crippen molar-refractivity contribution in [2.24, 2.45) is 5.92 Å². The zero-order valence-corrected chi connectivity index (χ0v) is 21.9. The highest BCUT2D eigenvalue weighted by atomic mass is 32.2. The molecule has 1 atom stereocenters. The average Bonchev–Trinajstić information content (AvgIpc) is 3.28. The molecule has 0 bridgehead atoms. The highest BCUT2D eigenvalue weighted by Crippen LogP contribution is 2.32. The van der Waals surface area contributed by atoms with Gasteiger partial charge in [0, 0.05) is 18.0 Å². The first kappa shape index (κ1) is 27.0. The molecule has 2 aromatic rings. The number of sulfonamides is 1. The van der Waals surface area contributed by atoms with Crippen molar-refractivity contribution in [1.82, 2.24) is 9.62 Å². The molecule has 1 aromatic carbocycles. The number of ether oxygens (including phenoxy) is 2. The van der Waals surface area contributed by atoms with E-state index >= 15 is 0 Å². The summed E-state index contributed by atoms with van der Waals surface area (Å²) in [5.41, 5.74) is 0.836. The number of rotatable bonds is 9. The molecule has 0 saturated carbocycles. The van der Waals surface area contributed by atoms with Gasteiger partial charge in [-0.05, 0) is 88.4 Å². The van der Waals surface area contributed by atoms with Gasteiger partial charge in [-0.15, -0.1) is 11.3 Å². The topological polar surface area (TPSA) is 122 Å². The highest BCUT2D eigenvalue weighted by Gasteiger charge is 2.36. The molecule has 1 saturated heterocycles. The Labute approximate surface area is 210 Å². The quantitative estimate of drug-likeness (QED) is 0.504. The van der Waals surface area contributed by atoms with Crippen LogP contribution in [0.25, 0.3) is 10.4 Å². The Morgan fingerprint density at radius 1 is 1.03 bits per heavy atom. The lowest BCUT2D eigenvalue weighted by Gasteiger charge is -2.34. The number of nitrogens with one attached hydrogen (secondary N) is 1. The van der Waals surface area contributed by atoms with Gasteiger partial charge in [0.2, 0.25) is 0 Å². The molecule has 0 radical (unpaired) electrons. The number of carbonyl (C=O) groups excluding carboxylic acids is 1. The van der Waals surface area contributed by atoms with Crippen LogP contribution in [-0.2, 0) is 19.6 Å².